The second-order valence-corrected chi connectivity index (χ2v) is 11.0. The maximum atomic E-state index is 13.9. The number of methoxy groups -OCH3 is 1. The molecule has 0 aromatic carbocycles. The number of hydrogen-bond acceptors (Lipinski definition) is 7. The van der Waals surface area contributed by atoms with Crippen molar-refractivity contribution < 1.29 is 45.7 Å². The number of alkyl halides is 6. The number of fused-ring (bicyclic) bond motifs is 2. The lowest BCUT2D eigenvalue weighted by atomic mass is 9.77. The first-order chi connectivity index (χ1) is 18.3. The van der Waals surface area contributed by atoms with E-state index in [9.17, 15) is 36.2 Å². The van der Waals surface area contributed by atoms with Crippen LogP contribution < -0.4 is 10.2 Å². The number of rotatable bonds is 6. The number of amides is 1. The number of hydrogen-bond donors (Lipinski definition) is 2. The van der Waals surface area contributed by atoms with Crippen molar-refractivity contribution in [2.24, 2.45) is 5.41 Å². The predicted octanol–water partition coefficient (Wildman–Crippen LogP) is 2.75. The number of anilines is 1. The predicted molar refractivity (Wildman–Crippen MR) is 126 cm³/mol. The maximum Gasteiger partial charge on any atom is 0.416 e. The maximum absolute atomic E-state index is 13.9. The van der Waals surface area contributed by atoms with Gasteiger partial charge in [0.05, 0.1) is 35.8 Å². The molecule has 39 heavy (non-hydrogen) atoms. The van der Waals surface area contributed by atoms with Gasteiger partial charge < -0.3 is 29.7 Å². The van der Waals surface area contributed by atoms with Gasteiger partial charge in [0.15, 0.2) is 6.10 Å². The van der Waals surface area contributed by atoms with Gasteiger partial charge in [-0.2, -0.15) is 26.3 Å². The highest BCUT2D eigenvalue weighted by molar-refractivity contribution is 5.85. The lowest BCUT2D eigenvalue weighted by Gasteiger charge is -2.42. The molecule has 1 aromatic heterocycles. The number of carbonyl (C=O) groups excluding carboxylic acids is 1. The number of ether oxygens (including phenoxy) is 2. The molecule has 2 bridgehead atoms. The molecule has 14 heteroatoms. The zero-order valence-electron chi connectivity index (χ0n) is 21.3. The van der Waals surface area contributed by atoms with Crippen LogP contribution >= 0.6 is 0 Å². The van der Waals surface area contributed by atoms with E-state index in [2.05, 4.69) is 10.3 Å². The molecule has 0 spiro atoms. The topological polar surface area (TPSA) is 87.2 Å². The first-order valence-corrected chi connectivity index (χ1v) is 13.1. The molecule has 1 saturated carbocycles. The molecule has 7 atom stereocenters. The third-order valence-electron chi connectivity index (χ3n) is 8.73. The number of piperazine rings is 1. The van der Waals surface area contributed by atoms with Crippen LogP contribution in [-0.4, -0.2) is 96.9 Å². The van der Waals surface area contributed by atoms with Gasteiger partial charge in [0.2, 0.25) is 5.91 Å². The highest BCUT2D eigenvalue weighted by atomic mass is 19.4. The van der Waals surface area contributed by atoms with E-state index in [-0.39, 0.29) is 56.4 Å². The Morgan fingerprint density at radius 2 is 2.00 bits per heavy atom. The van der Waals surface area contributed by atoms with E-state index in [1.807, 2.05) is 0 Å². The van der Waals surface area contributed by atoms with Gasteiger partial charge in [0.1, 0.15) is 5.82 Å². The van der Waals surface area contributed by atoms with Crippen LogP contribution in [0.5, 0.6) is 0 Å². The summed E-state index contributed by atoms with van der Waals surface area (Å²) >= 11 is 0. The van der Waals surface area contributed by atoms with Crippen LogP contribution in [-0.2, 0) is 20.4 Å². The second kappa shape index (κ2) is 10.3. The average molecular weight is 567 g/mol. The SMILES string of the molecule is CO[C@@H]1COCC[C@@H]1N[C@@H]1CC[C@@](C(=O)N2C[C@@H]3C[C@H]2CN3c2cc(C(F)(F)F)ccn2)(C(O)C(F)(F)F)C1. The Morgan fingerprint density at radius 3 is 2.64 bits per heavy atom. The molecule has 3 aliphatic heterocycles. The normalized spacial score (nSPS) is 34.1. The minimum absolute atomic E-state index is 0.0531. The molecule has 4 fully saturated rings. The largest absolute Gasteiger partial charge is 0.416 e. The van der Waals surface area contributed by atoms with Crippen molar-refractivity contribution >= 4 is 11.7 Å². The van der Waals surface area contributed by atoms with Crippen LogP contribution in [0.15, 0.2) is 18.3 Å². The zero-order chi connectivity index (χ0) is 28.2. The summed E-state index contributed by atoms with van der Waals surface area (Å²) in [5, 5.41) is 13.9. The average Bonchev–Trinajstić information content (AvgIpc) is 3.62. The number of aliphatic hydroxyl groups excluding tert-OH is 1. The Kier molecular flexibility index (Phi) is 7.53. The van der Waals surface area contributed by atoms with Crippen LogP contribution in [0.2, 0.25) is 0 Å². The van der Waals surface area contributed by atoms with Gasteiger partial charge in [-0.25, -0.2) is 4.98 Å². The van der Waals surface area contributed by atoms with Crippen molar-refractivity contribution in [3.8, 4) is 0 Å². The fraction of sp³-hybridized carbons (Fsp3) is 0.760. The van der Waals surface area contributed by atoms with E-state index in [1.54, 1.807) is 4.90 Å². The summed E-state index contributed by atoms with van der Waals surface area (Å²) in [6.07, 6.45) is -10.6. The molecule has 218 valence electrons. The van der Waals surface area contributed by atoms with Crippen molar-refractivity contribution in [3.63, 3.8) is 0 Å². The molecule has 3 saturated heterocycles. The molecule has 1 amide bonds. The summed E-state index contributed by atoms with van der Waals surface area (Å²) in [5.41, 5.74) is -2.90. The number of aromatic nitrogens is 1. The quantitative estimate of drug-likeness (QED) is 0.513. The summed E-state index contributed by atoms with van der Waals surface area (Å²) in [6, 6.07) is 0.358. The Morgan fingerprint density at radius 1 is 1.23 bits per heavy atom. The Hall–Kier alpha value is -2.16. The van der Waals surface area contributed by atoms with Gasteiger partial charge in [-0.1, -0.05) is 0 Å². The summed E-state index contributed by atoms with van der Waals surface area (Å²) in [5.74, 6) is -0.639. The lowest BCUT2D eigenvalue weighted by Crippen LogP contribution is -2.59. The Bertz CT molecular complexity index is 1060. The third kappa shape index (κ3) is 5.32. The number of nitrogens with zero attached hydrogens (tertiary/aromatic N) is 3. The van der Waals surface area contributed by atoms with Crippen LogP contribution in [0.3, 0.4) is 0 Å². The fourth-order valence-electron chi connectivity index (χ4n) is 6.76. The summed E-state index contributed by atoms with van der Waals surface area (Å²) in [4.78, 5) is 21.0. The second-order valence-electron chi connectivity index (χ2n) is 11.0. The minimum Gasteiger partial charge on any atom is -0.383 e. The van der Waals surface area contributed by atoms with Crippen LogP contribution in [0.1, 0.15) is 37.7 Å². The van der Waals surface area contributed by atoms with Crippen LogP contribution in [0, 0.1) is 5.41 Å². The van der Waals surface area contributed by atoms with E-state index >= 15 is 0 Å². The van der Waals surface area contributed by atoms with E-state index in [1.165, 1.54) is 12.0 Å². The van der Waals surface area contributed by atoms with Gasteiger partial charge in [0, 0.05) is 45.1 Å². The number of halogens is 6. The van der Waals surface area contributed by atoms with Crippen molar-refractivity contribution in [2.75, 3.05) is 38.3 Å². The number of likely N-dealkylation sites (tertiary alicyclic amines) is 1. The van der Waals surface area contributed by atoms with Crippen molar-refractivity contribution in [3.05, 3.63) is 23.9 Å². The first-order valence-electron chi connectivity index (χ1n) is 13.1. The number of nitrogens with one attached hydrogen (secondary N) is 1. The highest BCUT2D eigenvalue weighted by Gasteiger charge is 2.62. The van der Waals surface area contributed by atoms with Crippen molar-refractivity contribution in [1.82, 2.24) is 15.2 Å². The number of pyridine rings is 1. The minimum atomic E-state index is -5.00. The molecule has 5 rings (SSSR count). The van der Waals surface area contributed by atoms with Crippen LogP contribution in [0.25, 0.3) is 0 Å². The molecule has 4 aliphatic rings. The molecule has 0 radical (unpaired) electrons. The number of carbonyl (C=O) groups is 1. The van der Waals surface area contributed by atoms with E-state index in [0.717, 1.165) is 18.3 Å². The van der Waals surface area contributed by atoms with Gasteiger partial charge in [-0.3, -0.25) is 4.79 Å². The van der Waals surface area contributed by atoms with E-state index in [4.69, 9.17) is 9.47 Å². The van der Waals surface area contributed by atoms with Gasteiger partial charge in [0.25, 0.3) is 0 Å². The monoisotopic (exact) mass is 566 g/mol. The van der Waals surface area contributed by atoms with Gasteiger partial charge >= 0.3 is 12.4 Å². The molecular formula is C25H32F6N4O4. The van der Waals surface area contributed by atoms with Crippen LogP contribution in [0.4, 0.5) is 32.2 Å². The van der Waals surface area contributed by atoms with Gasteiger partial charge in [-0.05, 0) is 44.2 Å². The number of aliphatic hydroxyl groups is 1. The summed E-state index contributed by atoms with van der Waals surface area (Å²) in [6.45, 7) is 1.04. The van der Waals surface area contributed by atoms with Crippen molar-refractivity contribution in [2.45, 2.75) is 80.8 Å². The zero-order valence-corrected chi connectivity index (χ0v) is 21.3. The lowest BCUT2D eigenvalue weighted by molar-refractivity contribution is -0.240. The van der Waals surface area contributed by atoms with E-state index < -0.39 is 47.4 Å². The highest BCUT2D eigenvalue weighted by Crippen LogP contribution is 2.50. The summed E-state index contributed by atoms with van der Waals surface area (Å²) in [7, 11) is 1.53. The van der Waals surface area contributed by atoms with Gasteiger partial charge in [-0.15, -0.1) is 0 Å². The van der Waals surface area contributed by atoms with E-state index in [0.29, 0.717) is 26.1 Å². The third-order valence-corrected chi connectivity index (χ3v) is 8.73. The molecule has 1 aliphatic carbocycles. The van der Waals surface area contributed by atoms with Crippen molar-refractivity contribution in [1.29, 1.82) is 0 Å². The molecule has 1 unspecified atom stereocenters. The summed E-state index contributed by atoms with van der Waals surface area (Å²) < 4.78 is 92.2. The Balaban J connectivity index is 1.32. The smallest absolute Gasteiger partial charge is 0.383 e. The first kappa shape index (κ1) is 28.4. The molecule has 8 nitrogen and oxygen atoms in total. The molecule has 4 heterocycles. The standard InChI is InChI=1S/C25H32F6N4O4/c1-38-19-13-39-7-4-18(19)33-15-2-5-23(10-15,21(36)25(29,30)31)22(37)35-12-16-9-17(35)11-34(16)20-8-14(3-6-32-20)24(26,27)28/h3,6,8,15-19,21,33,36H,2,4-5,7,9-13H2,1H3/t15-,16+,17+,18+,19-,21?,23+/m1/s1. The molecular weight excluding hydrogens is 534 g/mol. The molecule has 1 aromatic rings. The fourth-order valence-corrected chi connectivity index (χ4v) is 6.76. The Labute approximate surface area is 221 Å². The molecule has 2 N–H and O–H groups in total.